The lowest BCUT2D eigenvalue weighted by atomic mass is 9.92. The van der Waals surface area contributed by atoms with Gasteiger partial charge in [-0.05, 0) is 106 Å². The molecular formula is C48H36N2. The number of allylic oxidation sites excluding steroid dienone is 5. The Kier molecular flexibility index (Phi) is 6.47. The Morgan fingerprint density at radius 2 is 1.44 bits per heavy atom. The third kappa shape index (κ3) is 4.21. The summed E-state index contributed by atoms with van der Waals surface area (Å²) in [5.74, 6) is 0. The quantitative estimate of drug-likeness (QED) is 0.177. The monoisotopic (exact) mass is 640 g/mol. The average Bonchev–Trinajstić information content (AvgIpc) is 3.70. The van der Waals surface area contributed by atoms with Crippen LogP contribution in [-0.2, 0) is 6.42 Å². The van der Waals surface area contributed by atoms with Crippen molar-refractivity contribution in [2.24, 2.45) is 0 Å². The molecule has 8 aromatic rings. The van der Waals surface area contributed by atoms with Crippen LogP contribution in [0.2, 0.25) is 0 Å². The minimum absolute atomic E-state index is 0.222. The van der Waals surface area contributed by atoms with Crippen LogP contribution in [-0.4, -0.2) is 9.13 Å². The van der Waals surface area contributed by atoms with Crippen molar-refractivity contribution in [3.05, 3.63) is 175 Å². The summed E-state index contributed by atoms with van der Waals surface area (Å²) in [6.45, 7) is 8.44. The van der Waals surface area contributed by atoms with E-state index in [9.17, 15) is 0 Å². The number of rotatable bonds is 5. The highest BCUT2D eigenvalue weighted by molar-refractivity contribution is 6.23. The first kappa shape index (κ1) is 28.9. The molecule has 0 fully saturated rings. The van der Waals surface area contributed by atoms with E-state index >= 15 is 0 Å². The number of benzene rings is 6. The number of nitrogens with zero attached hydrogens (tertiary/aromatic N) is 2. The van der Waals surface area contributed by atoms with Crippen LogP contribution in [0, 0.1) is 0 Å². The first-order valence-electron chi connectivity index (χ1n) is 17.7. The Morgan fingerprint density at radius 1 is 0.660 bits per heavy atom. The summed E-state index contributed by atoms with van der Waals surface area (Å²) in [6.07, 6.45) is 18.9. The first-order valence-corrected chi connectivity index (χ1v) is 17.7. The van der Waals surface area contributed by atoms with Gasteiger partial charge in [-0.3, -0.25) is 0 Å². The first-order chi connectivity index (χ1) is 24.7. The van der Waals surface area contributed by atoms with E-state index < -0.39 is 0 Å². The molecule has 0 spiro atoms. The molecule has 2 aromatic heterocycles. The lowest BCUT2D eigenvalue weighted by Crippen LogP contribution is -2.08. The minimum atomic E-state index is 0.222. The number of fused-ring (bicyclic) bond motifs is 9. The summed E-state index contributed by atoms with van der Waals surface area (Å²) in [6, 6.07) is 40.5. The maximum absolute atomic E-state index is 4.23. The van der Waals surface area contributed by atoms with Gasteiger partial charge < -0.3 is 9.13 Å². The van der Waals surface area contributed by atoms with E-state index in [2.05, 4.69) is 162 Å². The molecule has 2 heterocycles. The van der Waals surface area contributed by atoms with Crippen LogP contribution in [0.15, 0.2) is 147 Å². The predicted molar refractivity (Wildman–Crippen MR) is 216 cm³/mol. The molecule has 6 aromatic carbocycles. The Morgan fingerprint density at radius 3 is 2.28 bits per heavy atom. The molecule has 0 bridgehead atoms. The molecule has 50 heavy (non-hydrogen) atoms. The van der Waals surface area contributed by atoms with Crippen molar-refractivity contribution in [1.82, 2.24) is 9.13 Å². The fraction of sp³-hybridized carbons (Fsp3) is 0.0833. The van der Waals surface area contributed by atoms with Crippen LogP contribution in [0.3, 0.4) is 0 Å². The van der Waals surface area contributed by atoms with E-state index in [1.807, 2.05) is 12.2 Å². The summed E-state index contributed by atoms with van der Waals surface area (Å²) < 4.78 is 4.90. The molecule has 0 aliphatic heterocycles. The van der Waals surface area contributed by atoms with Crippen LogP contribution in [0.25, 0.3) is 83.7 Å². The number of hydrogen-bond donors (Lipinski definition) is 0. The van der Waals surface area contributed by atoms with E-state index in [0.29, 0.717) is 0 Å². The van der Waals surface area contributed by atoms with Gasteiger partial charge in [0.2, 0.25) is 0 Å². The molecule has 238 valence electrons. The van der Waals surface area contributed by atoms with Crippen molar-refractivity contribution in [1.29, 1.82) is 0 Å². The Balaban J connectivity index is 1.07. The molecule has 2 heteroatoms. The zero-order chi connectivity index (χ0) is 33.3. The second-order valence-electron chi connectivity index (χ2n) is 13.7. The molecule has 2 aliphatic carbocycles. The summed E-state index contributed by atoms with van der Waals surface area (Å²) in [4.78, 5) is 0. The highest BCUT2D eigenvalue weighted by atomic mass is 15.0. The molecule has 10 rings (SSSR count). The lowest BCUT2D eigenvalue weighted by Gasteiger charge is -2.21. The number of aromatic nitrogens is 2. The standard InChI is InChI=1S/C48H36N2/c1-3-39-42-30-36(22-26-44(42)50(43(39)4-2)38-25-19-31-11-5-6-14-35(31)29-38)32-17-23-37(24-18-32)49-45-27-20-33-12-7-9-15-40(33)47(45)48-41-16-10-8-13-34(41)21-28-46(48)49/h3-7,9-12,14-23,25-30,37H,1-2,8,13,24H2. The summed E-state index contributed by atoms with van der Waals surface area (Å²) in [7, 11) is 0. The minimum Gasteiger partial charge on any atom is -0.333 e. The maximum Gasteiger partial charge on any atom is 0.0560 e. The predicted octanol–water partition coefficient (Wildman–Crippen LogP) is 12.9. The van der Waals surface area contributed by atoms with Gasteiger partial charge >= 0.3 is 0 Å². The zero-order valence-corrected chi connectivity index (χ0v) is 27.9. The van der Waals surface area contributed by atoms with E-state index in [0.717, 1.165) is 41.7 Å². The second kappa shape index (κ2) is 11.2. The highest BCUT2D eigenvalue weighted by Crippen LogP contribution is 2.43. The zero-order valence-electron chi connectivity index (χ0n) is 27.9. The fourth-order valence-corrected chi connectivity index (χ4v) is 8.71. The molecular weight excluding hydrogens is 605 g/mol. The van der Waals surface area contributed by atoms with Gasteiger partial charge in [-0.25, -0.2) is 0 Å². The van der Waals surface area contributed by atoms with E-state index in [4.69, 9.17) is 0 Å². The Bertz CT molecular complexity index is 2830. The molecule has 1 atom stereocenters. The SMILES string of the molecule is C=Cc1c(C=C)n(-c2ccc3ccccc3c2)c2ccc(C3=CCC(n4c5ccc6c(c5c5c7ccccc7ccc54)C=CCC6)C=C3)cc12. The van der Waals surface area contributed by atoms with Crippen molar-refractivity contribution < 1.29 is 0 Å². The molecule has 2 nitrogen and oxygen atoms in total. The molecule has 0 saturated heterocycles. The second-order valence-corrected chi connectivity index (χ2v) is 13.7. The van der Waals surface area contributed by atoms with Gasteiger partial charge in [-0.15, -0.1) is 0 Å². The number of hydrogen-bond acceptors (Lipinski definition) is 0. The van der Waals surface area contributed by atoms with Gasteiger partial charge in [0.1, 0.15) is 0 Å². The van der Waals surface area contributed by atoms with Crippen LogP contribution < -0.4 is 0 Å². The van der Waals surface area contributed by atoms with Crippen molar-refractivity contribution >= 4 is 78.1 Å². The van der Waals surface area contributed by atoms with Gasteiger partial charge in [0.05, 0.1) is 28.3 Å². The molecule has 0 amide bonds. The molecule has 0 saturated carbocycles. The summed E-state index contributed by atoms with van der Waals surface area (Å²) >= 11 is 0. The van der Waals surface area contributed by atoms with Crippen molar-refractivity contribution in [2.45, 2.75) is 25.3 Å². The van der Waals surface area contributed by atoms with Crippen molar-refractivity contribution in [3.63, 3.8) is 0 Å². The van der Waals surface area contributed by atoms with Crippen LogP contribution in [0.4, 0.5) is 0 Å². The van der Waals surface area contributed by atoms with E-state index in [1.54, 1.807) is 0 Å². The van der Waals surface area contributed by atoms with E-state index in [1.165, 1.54) is 71.0 Å². The van der Waals surface area contributed by atoms with Crippen molar-refractivity contribution in [3.8, 4) is 5.69 Å². The van der Waals surface area contributed by atoms with Crippen molar-refractivity contribution in [2.75, 3.05) is 0 Å². The third-order valence-electron chi connectivity index (χ3n) is 11.0. The Hall–Kier alpha value is -6.12. The normalized spacial score (nSPS) is 15.7. The van der Waals surface area contributed by atoms with E-state index in [-0.39, 0.29) is 6.04 Å². The molecule has 0 N–H and O–H groups in total. The maximum atomic E-state index is 4.23. The molecule has 1 unspecified atom stereocenters. The smallest absolute Gasteiger partial charge is 0.0560 e. The average molecular weight is 641 g/mol. The van der Waals surface area contributed by atoms with Gasteiger partial charge in [0, 0.05) is 27.4 Å². The highest BCUT2D eigenvalue weighted by Gasteiger charge is 2.23. The van der Waals surface area contributed by atoms with Crippen LogP contribution in [0.5, 0.6) is 0 Å². The van der Waals surface area contributed by atoms with Crippen LogP contribution in [0.1, 0.15) is 46.8 Å². The largest absolute Gasteiger partial charge is 0.333 e. The van der Waals surface area contributed by atoms with Gasteiger partial charge in [0.15, 0.2) is 0 Å². The van der Waals surface area contributed by atoms with Gasteiger partial charge in [-0.1, -0.05) is 122 Å². The summed E-state index contributed by atoms with van der Waals surface area (Å²) in [5.41, 5.74) is 12.4. The van der Waals surface area contributed by atoms with Gasteiger partial charge in [0.25, 0.3) is 0 Å². The fourth-order valence-electron chi connectivity index (χ4n) is 8.71. The number of aryl methyl sites for hydroxylation is 1. The third-order valence-corrected chi connectivity index (χ3v) is 11.0. The summed E-state index contributed by atoms with van der Waals surface area (Å²) in [5, 5.41) is 9.03. The van der Waals surface area contributed by atoms with Crippen LogP contribution >= 0.6 is 0 Å². The lowest BCUT2D eigenvalue weighted by molar-refractivity contribution is 0.649. The van der Waals surface area contributed by atoms with Gasteiger partial charge in [-0.2, -0.15) is 0 Å². The molecule has 2 aliphatic rings. The Labute approximate surface area is 291 Å². The topological polar surface area (TPSA) is 9.86 Å². The molecule has 0 radical (unpaired) electrons.